The third kappa shape index (κ3) is 3.52. The van der Waals surface area contributed by atoms with Crippen molar-refractivity contribution in [3.63, 3.8) is 0 Å². The van der Waals surface area contributed by atoms with Crippen LogP contribution in [0.5, 0.6) is 0 Å². The van der Waals surface area contributed by atoms with E-state index in [0.717, 1.165) is 17.2 Å². The molecule has 0 amide bonds. The van der Waals surface area contributed by atoms with E-state index in [1.54, 1.807) is 6.07 Å². The van der Waals surface area contributed by atoms with Gasteiger partial charge in [0, 0.05) is 17.1 Å². The van der Waals surface area contributed by atoms with Crippen molar-refractivity contribution in [2.45, 2.75) is 19.4 Å². The minimum absolute atomic E-state index is 0.298. The molecule has 100 valence electrons. The Morgan fingerprint density at radius 1 is 1.16 bits per heavy atom. The summed E-state index contributed by atoms with van der Waals surface area (Å²) in [4.78, 5) is 0. The van der Waals surface area contributed by atoms with E-state index in [0.29, 0.717) is 17.0 Å². The van der Waals surface area contributed by atoms with Crippen LogP contribution in [0.1, 0.15) is 22.7 Å². The normalized spacial score (nSPS) is 12.5. The van der Waals surface area contributed by atoms with E-state index >= 15 is 0 Å². The molecule has 0 aliphatic carbocycles. The molecular formula is C15H14ClF2N. The van der Waals surface area contributed by atoms with Gasteiger partial charge in [-0.15, -0.1) is 0 Å². The first-order valence-electron chi connectivity index (χ1n) is 5.92. The number of benzene rings is 2. The van der Waals surface area contributed by atoms with Crippen LogP contribution in [0, 0.1) is 18.6 Å². The van der Waals surface area contributed by atoms with Crippen molar-refractivity contribution in [1.82, 2.24) is 0 Å². The molecule has 0 bridgehead atoms. The molecule has 4 heteroatoms. The third-order valence-electron chi connectivity index (χ3n) is 2.95. The zero-order valence-electron chi connectivity index (χ0n) is 10.5. The van der Waals surface area contributed by atoms with E-state index in [9.17, 15) is 8.78 Å². The molecule has 0 aromatic heterocycles. The minimum atomic E-state index is -0.589. The standard InChI is InChI=1S/C15H14ClF2N/c1-9-4-11(6-12(16)5-9)15(19)7-10-2-3-13(17)8-14(10)18/h2-6,8,15H,7,19H2,1H3. The van der Waals surface area contributed by atoms with Gasteiger partial charge < -0.3 is 5.73 Å². The highest BCUT2D eigenvalue weighted by atomic mass is 35.5. The fourth-order valence-corrected chi connectivity index (χ4v) is 2.32. The van der Waals surface area contributed by atoms with Gasteiger partial charge in [0.15, 0.2) is 0 Å². The van der Waals surface area contributed by atoms with Crippen molar-refractivity contribution in [2.75, 3.05) is 0 Å². The summed E-state index contributed by atoms with van der Waals surface area (Å²) in [5.74, 6) is -1.16. The Labute approximate surface area is 116 Å². The molecule has 1 unspecified atom stereocenters. The molecule has 2 aromatic carbocycles. The lowest BCUT2D eigenvalue weighted by Crippen LogP contribution is -2.14. The fourth-order valence-electron chi connectivity index (χ4n) is 2.02. The van der Waals surface area contributed by atoms with Crippen LogP contribution in [0.25, 0.3) is 0 Å². The lowest BCUT2D eigenvalue weighted by Gasteiger charge is -2.14. The summed E-state index contributed by atoms with van der Waals surface area (Å²) < 4.78 is 26.4. The number of hydrogen-bond donors (Lipinski definition) is 1. The molecular weight excluding hydrogens is 268 g/mol. The quantitative estimate of drug-likeness (QED) is 0.898. The van der Waals surface area contributed by atoms with Crippen molar-refractivity contribution < 1.29 is 8.78 Å². The summed E-state index contributed by atoms with van der Waals surface area (Å²) in [7, 11) is 0. The van der Waals surface area contributed by atoms with Crippen LogP contribution in [0.4, 0.5) is 8.78 Å². The van der Waals surface area contributed by atoms with Gasteiger partial charge in [-0.3, -0.25) is 0 Å². The summed E-state index contributed by atoms with van der Waals surface area (Å²) >= 11 is 5.97. The van der Waals surface area contributed by atoms with Crippen LogP contribution < -0.4 is 5.73 Å². The molecule has 0 heterocycles. The number of nitrogens with two attached hydrogens (primary N) is 1. The Balaban J connectivity index is 2.22. The Morgan fingerprint density at radius 3 is 2.53 bits per heavy atom. The first-order chi connectivity index (χ1) is 8.95. The maximum Gasteiger partial charge on any atom is 0.129 e. The smallest absolute Gasteiger partial charge is 0.129 e. The van der Waals surface area contributed by atoms with Crippen molar-refractivity contribution in [1.29, 1.82) is 0 Å². The number of hydrogen-bond acceptors (Lipinski definition) is 1. The lowest BCUT2D eigenvalue weighted by molar-refractivity contribution is 0.563. The number of halogens is 3. The van der Waals surface area contributed by atoms with Crippen molar-refractivity contribution in [3.8, 4) is 0 Å². The predicted molar refractivity (Wildman–Crippen MR) is 73.2 cm³/mol. The molecule has 1 nitrogen and oxygen atoms in total. The summed E-state index contributed by atoms with van der Waals surface area (Å²) in [6, 6.07) is 8.65. The summed E-state index contributed by atoms with van der Waals surface area (Å²) in [6.45, 7) is 1.92. The highest BCUT2D eigenvalue weighted by molar-refractivity contribution is 6.30. The van der Waals surface area contributed by atoms with Crippen LogP contribution in [0.15, 0.2) is 36.4 Å². The predicted octanol–water partition coefficient (Wildman–Crippen LogP) is 4.17. The zero-order chi connectivity index (χ0) is 14.0. The van der Waals surface area contributed by atoms with Crippen LogP contribution in [0.3, 0.4) is 0 Å². The Hall–Kier alpha value is -1.45. The second-order valence-corrected chi connectivity index (χ2v) is 5.04. The number of aryl methyl sites for hydroxylation is 1. The van der Waals surface area contributed by atoms with E-state index in [-0.39, 0.29) is 6.04 Å². The monoisotopic (exact) mass is 281 g/mol. The molecule has 0 fully saturated rings. The van der Waals surface area contributed by atoms with Gasteiger partial charge >= 0.3 is 0 Å². The maximum atomic E-state index is 13.6. The van der Waals surface area contributed by atoms with E-state index in [4.69, 9.17) is 17.3 Å². The molecule has 0 radical (unpaired) electrons. The van der Waals surface area contributed by atoms with Crippen molar-refractivity contribution >= 4 is 11.6 Å². The van der Waals surface area contributed by atoms with Crippen LogP contribution in [-0.2, 0) is 6.42 Å². The molecule has 0 aliphatic rings. The van der Waals surface area contributed by atoms with Crippen LogP contribution in [-0.4, -0.2) is 0 Å². The average Bonchev–Trinajstić information content (AvgIpc) is 2.31. The highest BCUT2D eigenvalue weighted by Gasteiger charge is 2.12. The van der Waals surface area contributed by atoms with Gasteiger partial charge in [0.2, 0.25) is 0 Å². The van der Waals surface area contributed by atoms with Gasteiger partial charge in [-0.1, -0.05) is 23.7 Å². The second-order valence-electron chi connectivity index (χ2n) is 4.61. The van der Waals surface area contributed by atoms with Gasteiger partial charge in [0.25, 0.3) is 0 Å². The van der Waals surface area contributed by atoms with Gasteiger partial charge in [0.1, 0.15) is 11.6 Å². The highest BCUT2D eigenvalue weighted by Crippen LogP contribution is 2.23. The molecule has 2 aromatic rings. The van der Waals surface area contributed by atoms with Crippen molar-refractivity contribution in [3.05, 3.63) is 69.7 Å². The molecule has 0 saturated carbocycles. The topological polar surface area (TPSA) is 26.0 Å². The van der Waals surface area contributed by atoms with Gasteiger partial charge in [-0.25, -0.2) is 8.78 Å². The van der Waals surface area contributed by atoms with E-state index in [1.165, 1.54) is 12.1 Å². The van der Waals surface area contributed by atoms with E-state index < -0.39 is 11.6 Å². The van der Waals surface area contributed by atoms with Gasteiger partial charge in [-0.2, -0.15) is 0 Å². The molecule has 0 spiro atoms. The van der Waals surface area contributed by atoms with Crippen molar-refractivity contribution in [2.24, 2.45) is 5.73 Å². The number of rotatable bonds is 3. The lowest BCUT2D eigenvalue weighted by atomic mass is 9.98. The summed E-state index contributed by atoms with van der Waals surface area (Å²) in [5, 5.41) is 0.602. The molecule has 19 heavy (non-hydrogen) atoms. The molecule has 1 atom stereocenters. The summed E-state index contributed by atoms with van der Waals surface area (Å²) in [6.07, 6.45) is 0.298. The van der Waals surface area contributed by atoms with Crippen LogP contribution >= 0.6 is 11.6 Å². The summed E-state index contributed by atoms with van der Waals surface area (Å²) in [5.41, 5.74) is 8.29. The van der Waals surface area contributed by atoms with E-state index in [2.05, 4.69) is 0 Å². The first-order valence-corrected chi connectivity index (χ1v) is 6.30. The molecule has 0 saturated heterocycles. The largest absolute Gasteiger partial charge is 0.324 e. The second kappa shape index (κ2) is 5.68. The van der Waals surface area contributed by atoms with E-state index in [1.807, 2.05) is 19.1 Å². The minimum Gasteiger partial charge on any atom is -0.324 e. The van der Waals surface area contributed by atoms with Gasteiger partial charge in [-0.05, 0) is 48.2 Å². The zero-order valence-corrected chi connectivity index (χ0v) is 11.2. The molecule has 2 rings (SSSR count). The van der Waals surface area contributed by atoms with Gasteiger partial charge in [0.05, 0.1) is 0 Å². The Bertz CT molecular complexity index is 578. The molecule has 2 N–H and O–H groups in total. The van der Waals surface area contributed by atoms with Crippen LogP contribution in [0.2, 0.25) is 5.02 Å². The SMILES string of the molecule is Cc1cc(Cl)cc(C(N)Cc2ccc(F)cc2F)c1. The fraction of sp³-hybridized carbons (Fsp3) is 0.200. The first kappa shape index (κ1) is 14.0. The Kier molecular flexibility index (Phi) is 4.17. The maximum absolute atomic E-state index is 13.6. The Morgan fingerprint density at radius 2 is 1.89 bits per heavy atom. The molecule has 0 aliphatic heterocycles. The third-order valence-corrected chi connectivity index (χ3v) is 3.17. The average molecular weight is 282 g/mol.